The van der Waals surface area contributed by atoms with Gasteiger partial charge in [0.25, 0.3) is 0 Å². The Morgan fingerprint density at radius 2 is 2.07 bits per heavy atom. The number of thiazole rings is 1. The highest BCUT2D eigenvalue weighted by Gasteiger charge is 2.11. The highest BCUT2D eigenvalue weighted by atomic mass is 32.1. The quantitative estimate of drug-likeness (QED) is 0.776. The van der Waals surface area contributed by atoms with Crippen LogP contribution in [0.2, 0.25) is 0 Å². The Morgan fingerprint density at radius 1 is 1.40 bits per heavy atom. The van der Waals surface area contributed by atoms with Gasteiger partial charge in [-0.25, -0.2) is 4.98 Å². The van der Waals surface area contributed by atoms with E-state index in [-0.39, 0.29) is 0 Å². The molecule has 0 atom stereocenters. The summed E-state index contributed by atoms with van der Waals surface area (Å²) in [7, 11) is 0. The fourth-order valence-corrected chi connectivity index (χ4v) is 2.07. The molecule has 0 unspecified atom stereocenters. The van der Waals surface area contributed by atoms with Gasteiger partial charge in [0.1, 0.15) is 0 Å². The Hall–Kier alpha value is -0.450. The molecule has 2 rings (SSSR count). The number of ether oxygens (including phenoxy) is 1. The predicted molar refractivity (Wildman–Crippen MR) is 64.3 cm³/mol. The fourth-order valence-electron chi connectivity index (χ4n) is 1.47. The molecule has 86 valence electrons. The van der Waals surface area contributed by atoms with Gasteiger partial charge in [-0.1, -0.05) is 13.8 Å². The molecular weight excluding hydrogens is 208 g/mol. The number of aromatic nitrogens is 1. The average molecular weight is 228 g/mol. The molecule has 15 heavy (non-hydrogen) atoms. The van der Waals surface area contributed by atoms with Crippen LogP contribution in [0.15, 0.2) is 5.38 Å². The van der Waals surface area contributed by atoms with E-state index in [2.05, 4.69) is 15.3 Å². The van der Waals surface area contributed by atoms with E-state index in [9.17, 15) is 0 Å². The summed E-state index contributed by atoms with van der Waals surface area (Å²) in [4.78, 5) is 6.83. The van der Waals surface area contributed by atoms with Crippen molar-refractivity contribution in [2.24, 2.45) is 0 Å². The van der Waals surface area contributed by atoms with Crippen LogP contribution in [0.3, 0.4) is 0 Å². The Labute approximate surface area is 96.1 Å². The second-order valence-corrected chi connectivity index (χ2v) is 4.31. The van der Waals surface area contributed by atoms with Gasteiger partial charge in [-0.3, -0.25) is 4.90 Å². The Bertz CT molecular complexity index is 269. The van der Waals surface area contributed by atoms with Crippen molar-refractivity contribution in [1.82, 2.24) is 9.88 Å². The van der Waals surface area contributed by atoms with Crippen molar-refractivity contribution in [3.63, 3.8) is 0 Å². The van der Waals surface area contributed by atoms with E-state index in [1.165, 1.54) is 5.69 Å². The Balaban J connectivity index is 0.000000531. The molecule has 1 aromatic heterocycles. The summed E-state index contributed by atoms with van der Waals surface area (Å²) in [6.45, 7) is 10.8. The summed E-state index contributed by atoms with van der Waals surface area (Å²) < 4.78 is 5.28. The smallest absolute Gasteiger partial charge is 0.0897 e. The van der Waals surface area contributed by atoms with Crippen LogP contribution in [0, 0.1) is 6.92 Å². The zero-order chi connectivity index (χ0) is 11.1. The number of hydrogen-bond donors (Lipinski definition) is 0. The second-order valence-electron chi connectivity index (χ2n) is 3.25. The molecule has 1 fully saturated rings. The number of aryl methyl sites for hydroxylation is 1. The molecular formula is C11H20N2OS. The van der Waals surface area contributed by atoms with Crippen LogP contribution in [0.25, 0.3) is 0 Å². The van der Waals surface area contributed by atoms with Gasteiger partial charge >= 0.3 is 0 Å². The van der Waals surface area contributed by atoms with Gasteiger partial charge < -0.3 is 4.74 Å². The number of morpholine rings is 1. The van der Waals surface area contributed by atoms with E-state index in [1.54, 1.807) is 11.3 Å². The van der Waals surface area contributed by atoms with Crippen LogP contribution in [0.4, 0.5) is 0 Å². The summed E-state index contributed by atoms with van der Waals surface area (Å²) >= 11 is 1.72. The van der Waals surface area contributed by atoms with E-state index < -0.39 is 0 Å². The second kappa shape index (κ2) is 6.93. The highest BCUT2D eigenvalue weighted by molar-refractivity contribution is 7.09. The largest absolute Gasteiger partial charge is 0.379 e. The van der Waals surface area contributed by atoms with Crippen molar-refractivity contribution in [2.75, 3.05) is 26.3 Å². The molecule has 0 amide bonds. The third-order valence-electron chi connectivity index (χ3n) is 2.16. The van der Waals surface area contributed by atoms with Crippen molar-refractivity contribution in [3.05, 3.63) is 16.1 Å². The first-order valence-corrected chi connectivity index (χ1v) is 6.43. The van der Waals surface area contributed by atoms with Crippen LogP contribution < -0.4 is 0 Å². The van der Waals surface area contributed by atoms with E-state index in [0.717, 1.165) is 37.9 Å². The molecule has 1 aromatic rings. The molecule has 1 aliphatic heterocycles. The lowest BCUT2D eigenvalue weighted by atomic mass is 10.3. The summed E-state index contributed by atoms with van der Waals surface area (Å²) in [5, 5.41) is 3.30. The van der Waals surface area contributed by atoms with Crippen molar-refractivity contribution in [1.29, 1.82) is 0 Å². The maximum absolute atomic E-state index is 5.28. The van der Waals surface area contributed by atoms with Crippen LogP contribution in [0.5, 0.6) is 0 Å². The first-order chi connectivity index (χ1) is 7.34. The standard InChI is InChI=1S/C9H14N2OS.C2H6/c1-8-10-9(7-13-8)6-11-2-4-12-5-3-11;1-2/h7H,2-6H2,1H3;1-2H3. The molecule has 0 saturated carbocycles. The lowest BCUT2D eigenvalue weighted by molar-refractivity contribution is 0.0337. The van der Waals surface area contributed by atoms with Crippen molar-refractivity contribution in [2.45, 2.75) is 27.3 Å². The lowest BCUT2D eigenvalue weighted by Crippen LogP contribution is -2.35. The molecule has 0 spiro atoms. The van der Waals surface area contributed by atoms with Gasteiger partial charge in [-0.2, -0.15) is 0 Å². The molecule has 4 heteroatoms. The van der Waals surface area contributed by atoms with Gasteiger partial charge in [-0.15, -0.1) is 11.3 Å². The topological polar surface area (TPSA) is 25.4 Å². The first-order valence-electron chi connectivity index (χ1n) is 5.56. The fraction of sp³-hybridized carbons (Fsp3) is 0.727. The minimum atomic E-state index is 0.864. The summed E-state index contributed by atoms with van der Waals surface area (Å²) in [6, 6.07) is 0. The maximum Gasteiger partial charge on any atom is 0.0897 e. The van der Waals surface area contributed by atoms with Crippen molar-refractivity contribution >= 4 is 11.3 Å². The van der Waals surface area contributed by atoms with E-state index >= 15 is 0 Å². The predicted octanol–water partition coefficient (Wildman–Crippen LogP) is 2.31. The van der Waals surface area contributed by atoms with Gasteiger partial charge in [0.05, 0.1) is 23.9 Å². The third-order valence-corrected chi connectivity index (χ3v) is 2.98. The highest BCUT2D eigenvalue weighted by Crippen LogP contribution is 2.11. The molecule has 0 radical (unpaired) electrons. The summed E-state index contributed by atoms with van der Waals surface area (Å²) in [5.41, 5.74) is 1.20. The number of rotatable bonds is 2. The van der Waals surface area contributed by atoms with Crippen LogP contribution >= 0.6 is 11.3 Å². The SMILES string of the molecule is CC.Cc1nc(CN2CCOCC2)cs1. The number of hydrogen-bond acceptors (Lipinski definition) is 4. The van der Waals surface area contributed by atoms with Gasteiger partial charge in [0.2, 0.25) is 0 Å². The molecule has 0 aliphatic carbocycles. The molecule has 0 aromatic carbocycles. The molecule has 1 aliphatic rings. The Kier molecular flexibility index (Phi) is 5.83. The van der Waals surface area contributed by atoms with Gasteiger partial charge in [0.15, 0.2) is 0 Å². The molecule has 3 nitrogen and oxygen atoms in total. The van der Waals surface area contributed by atoms with Crippen LogP contribution in [-0.4, -0.2) is 36.2 Å². The third kappa shape index (κ3) is 4.28. The molecule has 2 heterocycles. The summed E-state index contributed by atoms with van der Waals surface area (Å²) in [6.07, 6.45) is 0. The van der Waals surface area contributed by atoms with Crippen LogP contribution in [0.1, 0.15) is 24.5 Å². The van der Waals surface area contributed by atoms with Crippen molar-refractivity contribution in [3.8, 4) is 0 Å². The molecule has 0 N–H and O–H groups in total. The van der Waals surface area contributed by atoms with E-state index in [4.69, 9.17) is 4.74 Å². The van der Waals surface area contributed by atoms with Crippen LogP contribution in [-0.2, 0) is 11.3 Å². The summed E-state index contributed by atoms with van der Waals surface area (Å²) in [5.74, 6) is 0. The van der Waals surface area contributed by atoms with Crippen molar-refractivity contribution < 1.29 is 4.74 Å². The molecule has 0 bridgehead atoms. The normalized spacial score (nSPS) is 17.0. The lowest BCUT2D eigenvalue weighted by Gasteiger charge is -2.25. The zero-order valence-corrected chi connectivity index (χ0v) is 10.6. The number of nitrogens with zero attached hydrogens (tertiary/aromatic N) is 2. The monoisotopic (exact) mass is 228 g/mol. The maximum atomic E-state index is 5.28. The van der Waals surface area contributed by atoms with Gasteiger partial charge in [0, 0.05) is 25.0 Å². The van der Waals surface area contributed by atoms with E-state index in [0.29, 0.717) is 0 Å². The minimum absolute atomic E-state index is 0.864. The average Bonchev–Trinajstić information content (AvgIpc) is 2.68. The van der Waals surface area contributed by atoms with Gasteiger partial charge in [-0.05, 0) is 6.92 Å². The van der Waals surface area contributed by atoms with E-state index in [1.807, 2.05) is 20.8 Å². The first kappa shape index (κ1) is 12.6. The zero-order valence-electron chi connectivity index (χ0n) is 9.82. The minimum Gasteiger partial charge on any atom is -0.379 e. The Morgan fingerprint density at radius 3 is 2.60 bits per heavy atom. The molecule has 1 saturated heterocycles.